The number of carbonyl (C=O) groups excluding carboxylic acids is 1. The Morgan fingerprint density at radius 1 is 1.18 bits per heavy atom. The Morgan fingerprint density at radius 2 is 1.82 bits per heavy atom. The van der Waals surface area contributed by atoms with E-state index in [9.17, 15) is 14.7 Å². The lowest BCUT2D eigenvalue weighted by atomic mass is 9.81. The summed E-state index contributed by atoms with van der Waals surface area (Å²) < 4.78 is 0. The molecule has 0 unspecified atom stereocenters. The molecular formula is C12H22N2O3. The highest BCUT2D eigenvalue weighted by Gasteiger charge is 2.40. The minimum absolute atomic E-state index is 0.164. The maximum absolute atomic E-state index is 11.7. The van der Waals surface area contributed by atoms with E-state index in [0.29, 0.717) is 25.8 Å². The van der Waals surface area contributed by atoms with E-state index in [4.69, 9.17) is 5.73 Å². The number of carboxylic acid groups (broad SMARTS) is 1. The van der Waals surface area contributed by atoms with Crippen molar-refractivity contribution in [2.45, 2.75) is 56.9 Å². The smallest absolute Gasteiger partial charge is 0.329 e. The van der Waals surface area contributed by atoms with E-state index >= 15 is 0 Å². The number of nitrogens with two attached hydrogens (primary N) is 1. The molecule has 4 N–H and O–H groups in total. The quantitative estimate of drug-likeness (QED) is 0.606. The molecule has 1 aliphatic rings. The Morgan fingerprint density at radius 3 is 2.35 bits per heavy atom. The average Bonchev–Trinajstić information content (AvgIpc) is 2.30. The van der Waals surface area contributed by atoms with Crippen LogP contribution in [0.3, 0.4) is 0 Å². The third-order valence-electron chi connectivity index (χ3n) is 3.35. The van der Waals surface area contributed by atoms with Crippen molar-refractivity contribution in [3.8, 4) is 0 Å². The van der Waals surface area contributed by atoms with E-state index in [1.807, 2.05) is 0 Å². The van der Waals surface area contributed by atoms with Gasteiger partial charge in [-0.25, -0.2) is 4.79 Å². The number of aliphatic carboxylic acids is 1. The first-order valence-corrected chi connectivity index (χ1v) is 6.35. The summed E-state index contributed by atoms with van der Waals surface area (Å²) in [5.74, 6) is -1.06. The van der Waals surface area contributed by atoms with Gasteiger partial charge >= 0.3 is 5.97 Å². The predicted molar refractivity (Wildman–Crippen MR) is 64.5 cm³/mol. The molecule has 1 saturated carbocycles. The lowest BCUT2D eigenvalue weighted by Gasteiger charge is -2.34. The van der Waals surface area contributed by atoms with E-state index in [2.05, 4.69) is 5.32 Å². The fourth-order valence-electron chi connectivity index (χ4n) is 2.31. The fourth-order valence-corrected chi connectivity index (χ4v) is 2.31. The van der Waals surface area contributed by atoms with Gasteiger partial charge in [0.05, 0.1) is 0 Å². The van der Waals surface area contributed by atoms with E-state index in [1.165, 1.54) is 0 Å². The zero-order valence-electron chi connectivity index (χ0n) is 10.2. The molecule has 0 aliphatic heterocycles. The summed E-state index contributed by atoms with van der Waals surface area (Å²) in [7, 11) is 0. The van der Waals surface area contributed by atoms with Crippen molar-refractivity contribution in [1.82, 2.24) is 5.32 Å². The first-order chi connectivity index (χ1) is 8.10. The van der Waals surface area contributed by atoms with Gasteiger partial charge in [0.25, 0.3) is 0 Å². The van der Waals surface area contributed by atoms with Gasteiger partial charge in [0, 0.05) is 6.42 Å². The Labute approximate surface area is 102 Å². The van der Waals surface area contributed by atoms with Crippen molar-refractivity contribution in [1.29, 1.82) is 0 Å². The number of rotatable bonds is 6. The number of carboxylic acids is 1. The van der Waals surface area contributed by atoms with Crippen LogP contribution in [-0.4, -0.2) is 29.1 Å². The first-order valence-electron chi connectivity index (χ1n) is 6.35. The molecule has 1 aliphatic carbocycles. The molecule has 5 nitrogen and oxygen atoms in total. The van der Waals surface area contributed by atoms with E-state index in [1.54, 1.807) is 0 Å². The summed E-state index contributed by atoms with van der Waals surface area (Å²) in [6, 6.07) is 0. The molecule has 17 heavy (non-hydrogen) atoms. The molecule has 0 atom stereocenters. The van der Waals surface area contributed by atoms with Gasteiger partial charge in [0.15, 0.2) is 0 Å². The third-order valence-corrected chi connectivity index (χ3v) is 3.35. The zero-order chi connectivity index (χ0) is 12.7. The molecule has 0 aromatic carbocycles. The van der Waals surface area contributed by atoms with Gasteiger partial charge in [0.2, 0.25) is 5.91 Å². The Bertz CT molecular complexity index is 273. The van der Waals surface area contributed by atoms with Crippen LogP contribution in [0.5, 0.6) is 0 Å². The van der Waals surface area contributed by atoms with Crippen LogP contribution in [-0.2, 0) is 9.59 Å². The van der Waals surface area contributed by atoms with Gasteiger partial charge in [-0.15, -0.1) is 0 Å². The lowest BCUT2D eigenvalue weighted by molar-refractivity contribution is -0.149. The molecule has 0 aromatic rings. The summed E-state index contributed by atoms with van der Waals surface area (Å²) in [6.07, 6.45) is 5.77. The van der Waals surface area contributed by atoms with Gasteiger partial charge in [-0.3, -0.25) is 4.79 Å². The first kappa shape index (κ1) is 14.0. The second-order valence-electron chi connectivity index (χ2n) is 4.74. The molecule has 0 aromatic heterocycles. The van der Waals surface area contributed by atoms with Crippen molar-refractivity contribution >= 4 is 11.9 Å². The lowest BCUT2D eigenvalue weighted by Crippen LogP contribution is -2.55. The van der Waals surface area contributed by atoms with Gasteiger partial charge < -0.3 is 16.2 Å². The normalized spacial score (nSPS) is 18.6. The standard InChI is InChI=1S/C12H22N2O3/c13-9-5-2-6-10(15)14-12(11(16)17)7-3-1-4-8-12/h1-9,13H2,(H,14,15)(H,16,17). The van der Waals surface area contributed by atoms with Crippen molar-refractivity contribution in [3.63, 3.8) is 0 Å². The largest absolute Gasteiger partial charge is 0.480 e. The minimum Gasteiger partial charge on any atom is -0.480 e. The average molecular weight is 242 g/mol. The second kappa shape index (κ2) is 6.59. The van der Waals surface area contributed by atoms with Crippen LogP contribution < -0.4 is 11.1 Å². The van der Waals surface area contributed by atoms with Crippen molar-refractivity contribution in [3.05, 3.63) is 0 Å². The number of amides is 1. The molecule has 5 heteroatoms. The van der Waals surface area contributed by atoms with Crippen LogP contribution in [0.2, 0.25) is 0 Å². The van der Waals surface area contributed by atoms with Crippen molar-refractivity contribution in [2.75, 3.05) is 6.54 Å². The van der Waals surface area contributed by atoms with Crippen LogP contribution in [0.15, 0.2) is 0 Å². The van der Waals surface area contributed by atoms with E-state index in [0.717, 1.165) is 32.1 Å². The molecule has 1 rings (SSSR count). The summed E-state index contributed by atoms with van der Waals surface area (Å²) in [4.78, 5) is 23.0. The summed E-state index contributed by atoms with van der Waals surface area (Å²) >= 11 is 0. The van der Waals surface area contributed by atoms with Crippen LogP contribution in [0.25, 0.3) is 0 Å². The minimum atomic E-state index is -1.02. The van der Waals surface area contributed by atoms with Gasteiger partial charge in [-0.2, -0.15) is 0 Å². The molecule has 0 saturated heterocycles. The van der Waals surface area contributed by atoms with Gasteiger partial charge in [-0.05, 0) is 32.2 Å². The molecule has 1 fully saturated rings. The monoisotopic (exact) mass is 242 g/mol. The van der Waals surface area contributed by atoms with Gasteiger partial charge in [-0.1, -0.05) is 19.3 Å². The SMILES string of the molecule is NCCCCC(=O)NC1(C(=O)O)CCCCC1. The summed E-state index contributed by atoms with van der Waals surface area (Å²) in [5, 5.41) is 12.0. The molecule has 0 radical (unpaired) electrons. The highest BCUT2D eigenvalue weighted by atomic mass is 16.4. The second-order valence-corrected chi connectivity index (χ2v) is 4.74. The van der Waals surface area contributed by atoms with Crippen LogP contribution in [0.1, 0.15) is 51.4 Å². The Kier molecular flexibility index (Phi) is 5.41. The third kappa shape index (κ3) is 4.00. The molecule has 0 spiro atoms. The topological polar surface area (TPSA) is 92.4 Å². The maximum Gasteiger partial charge on any atom is 0.329 e. The highest BCUT2D eigenvalue weighted by molar-refractivity contribution is 5.87. The molecule has 98 valence electrons. The Hall–Kier alpha value is -1.10. The number of hydrogen-bond acceptors (Lipinski definition) is 3. The van der Waals surface area contributed by atoms with Crippen molar-refractivity contribution < 1.29 is 14.7 Å². The Balaban J connectivity index is 2.48. The van der Waals surface area contributed by atoms with Crippen LogP contribution in [0, 0.1) is 0 Å². The predicted octanol–water partition coefficient (Wildman–Crippen LogP) is 1.02. The van der Waals surface area contributed by atoms with Crippen LogP contribution in [0.4, 0.5) is 0 Å². The molecular weight excluding hydrogens is 220 g/mol. The number of hydrogen-bond donors (Lipinski definition) is 3. The highest BCUT2D eigenvalue weighted by Crippen LogP contribution is 2.28. The number of unbranched alkanes of at least 4 members (excludes halogenated alkanes) is 1. The van der Waals surface area contributed by atoms with Crippen LogP contribution >= 0.6 is 0 Å². The van der Waals surface area contributed by atoms with Gasteiger partial charge in [0.1, 0.15) is 5.54 Å². The molecule has 0 heterocycles. The van der Waals surface area contributed by atoms with E-state index < -0.39 is 11.5 Å². The maximum atomic E-state index is 11.7. The molecule has 0 bridgehead atoms. The van der Waals surface area contributed by atoms with E-state index in [-0.39, 0.29) is 5.91 Å². The zero-order valence-corrected chi connectivity index (χ0v) is 10.2. The fraction of sp³-hybridized carbons (Fsp3) is 0.833. The number of nitrogens with one attached hydrogen (secondary N) is 1. The molecule has 1 amide bonds. The summed E-state index contributed by atoms with van der Waals surface area (Å²) in [6.45, 7) is 0.567. The number of carbonyl (C=O) groups is 2. The van der Waals surface area contributed by atoms with Crippen molar-refractivity contribution in [2.24, 2.45) is 5.73 Å². The summed E-state index contributed by atoms with van der Waals surface area (Å²) in [5.41, 5.74) is 4.33.